The molecule has 0 bridgehead atoms. The number of carbonyl (C=O) groups is 2. The van der Waals surface area contributed by atoms with Crippen molar-refractivity contribution in [2.45, 2.75) is 46.5 Å². The molecule has 196 valence electrons. The van der Waals surface area contributed by atoms with E-state index < -0.39 is 11.9 Å². The van der Waals surface area contributed by atoms with Gasteiger partial charge >= 0.3 is 5.97 Å². The van der Waals surface area contributed by atoms with Crippen LogP contribution in [0.3, 0.4) is 0 Å². The molecule has 1 aromatic heterocycles. The second kappa shape index (κ2) is 9.97. The van der Waals surface area contributed by atoms with E-state index >= 15 is 0 Å². The van der Waals surface area contributed by atoms with Crippen LogP contribution in [0.2, 0.25) is 0 Å². The summed E-state index contributed by atoms with van der Waals surface area (Å²) in [5.41, 5.74) is 3.05. The molecule has 3 aromatic rings. The average Bonchev–Trinajstić information content (AvgIpc) is 2.86. The Labute approximate surface area is 221 Å². The molecular weight excluding hydrogens is 482 g/mol. The highest BCUT2D eigenvalue weighted by atomic mass is 16.6. The zero-order valence-electron chi connectivity index (χ0n) is 22.1. The maximum atomic E-state index is 13.8. The lowest BCUT2D eigenvalue weighted by atomic mass is 9.68. The van der Waals surface area contributed by atoms with E-state index in [1.54, 1.807) is 19.1 Å². The van der Waals surface area contributed by atoms with Crippen molar-refractivity contribution in [1.29, 1.82) is 0 Å². The molecule has 5 rings (SSSR count). The number of para-hydroxylation sites is 1. The van der Waals surface area contributed by atoms with Crippen LogP contribution < -0.4 is 15.5 Å². The van der Waals surface area contributed by atoms with Gasteiger partial charge in [0.2, 0.25) is 0 Å². The van der Waals surface area contributed by atoms with Crippen LogP contribution in [0.15, 0.2) is 86.5 Å². The van der Waals surface area contributed by atoms with E-state index in [4.69, 9.17) is 13.9 Å². The van der Waals surface area contributed by atoms with Gasteiger partial charge in [0.15, 0.2) is 11.2 Å². The lowest BCUT2D eigenvalue weighted by molar-refractivity contribution is -0.140. The molecule has 7 heteroatoms. The third-order valence-corrected chi connectivity index (χ3v) is 7.05. The molecule has 0 saturated heterocycles. The van der Waals surface area contributed by atoms with Crippen molar-refractivity contribution in [3.63, 3.8) is 0 Å². The molecule has 0 fully saturated rings. The number of Topliss-reactive ketones (excluding diaryl/α,β-unsaturated/α-hetero) is 1. The van der Waals surface area contributed by atoms with Gasteiger partial charge in [0, 0.05) is 29.0 Å². The van der Waals surface area contributed by atoms with Gasteiger partial charge in [-0.15, -0.1) is 0 Å². The maximum Gasteiger partial charge on any atom is 0.336 e. The molecule has 0 saturated carbocycles. The molecule has 1 atom stereocenters. The molecule has 2 aliphatic rings. The number of carbonyl (C=O) groups excluding carboxylic acids is 2. The fraction of sp³-hybridized carbons (Fsp3) is 0.323. The number of fused-ring (bicyclic) bond motifs is 1. The number of nitrogens with one attached hydrogen (secondary N) is 1. The minimum absolute atomic E-state index is 0.00956. The summed E-state index contributed by atoms with van der Waals surface area (Å²) in [5, 5.41) is 3.70. The topological polar surface area (TPSA) is 94.8 Å². The molecule has 0 amide bonds. The maximum absolute atomic E-state index is 13.8. The van der Waals surface area contributed by atoms with Crippen molar-refractivity contribution < 1.29 is 23.5 Å². The van der Waals surface area contributed by atoms with Crippen LogP contribution in [-0.2, 0) is 14.3 Å². The number of aryl methyl sites for hydroxylation is 1. The number of rotatable bonds is 6. The van der Waals surface area contributed by atoms with Crippen molar-refractivity contribution in [2.24, 2.45) is 5.41 Å². The summed E-state index contributed by atoms with van der Waals surface area (Å²) in [5.74, 6) is -0.920. The number of ketones is 1. The van der Waals surface area contributed by atoms with Gasteiger partial charge in [0.1, 0.15) is 24.5 Å². The molecule has 0 spiro atoms. The SMILES string of the molecule is CC1=C(C(=O)OCCOc2ccccc2)C(c2coc3ccc(C)cc3c2=O)C2=C(CC(C)(C)CC2=O)N1. The Morgan fingerprint density at radius 1 is 1.05 bits per heavy atom. The van der Waals surface area contributed by atoms with Gasteiger partial charge < -0.3 is 19.2 Å². The fourth-order valence-electron chi connectivity index (χ4n) is 5.37. The van der Waals surface area contributed by atoms with E-state index in [0.29, 0.717) is 40.8 Å². The van der Waals surface area contributed by atoms with Gasteiger partial charge in [-0.05, 0) is 49.9 Å². The van der Waals surface area contributed by atoms with Gasteiger partial charge in [0.05, 0.1) is 23.1 Å². The predicted octanol–water partition coefficient (Wildman–Crippen LogP) is 5.33. The second-order valence-electron chi connectivity index (χ2n) is 10.7. The lowest BCUT2D eigenvalue weighted by Crippen LogP contribution is -2.40. The Balaban J connectivity index is 1.53. The Morgan fingerprint density at radius 2 is 1.82 bits per heavy atom. The van der Waals surface area contributed by atoms with Crippen LogP contribution in [0.4, 0.5) is 0 Å². The van der Waals surface area contributed by atoms with Crippen molar-refractivity contribution in [3.05, 3.63) is 98.7 Å². The molecule has 2 heterocycles. The first-order valence-electron chi connectivity index (χ1n) is 12.8. The molecule has 1 N–H and O–H groups in total. The Morgan fingerprint density at radius 3 is 2.58 bits per heavy atom. The summed E-state index contributed by atoms with van der Waals surface area (Å²) in [7, 11) is 0. The summed E-state index contributed by atoms with van der Waals surface area (Å²) in [6.07, 6.45) is 2.31. The van der Waals surface area contributed by atoms with Crippen molar-refractivity contribution in [2.75, 3.05) is 13.2 Å². The highest BCUT2D eigenvalue weighted by molar-refractivity contribution is 6.04. The first-order chi connectivity index (χ1) is 18.1. The van der Waals surface area contributed by atoms with Crippen LogP contribution in [-0.4, -0.2) is 25.0 Å². The van der Waals surface area contributed by atoms with Gasteiger partial charge in [-0.3, -0.25) is 9.59 Å². The Bertz CT molecular complexity index is 1540. The molecule has 0 radical (unpaired) electrons. The van der Waals surface area contributed by atoms with E-state index in [1.165, 1.54) is 6.26 Å². The van der Waals surface area contributed by atoms with Crippen LogP contribution in [0.5, 0.6) is 5.75 Å². The van der Waals surface area contributed by atoms with Crippen LogP contribution in [0.1, 0.15) is 50.7 Å². The van der Waals surface area contributed by atoms with Gasteiger partial charge in [-0.1, -0.05) is 43.7 Å². The smallest absolute Gasteiger partial charge is 0.336 e. The van der Waals surface area contributed by atoms with Gasteiger partial charge in [0.25, 0.3) is 0 Å². The van der Waals surface area contributed by atoms with Crippen molar-refractivity contribution in [1.82, 2.24) is 5.32 Å². The summed E-state index contributed by atoms with van der Waals surface area (Å²) in [6.45, 7) is 7.91. The molecular formula is C31H31NO6. The number of hydrogen-bond donors (Lipinski definition) is 1. The lowest BCUT2D eigenvalue weighted by Gasteiger charge is -2.39. The van der Waals surface area contributed by atoms with Gasteiger partial charge in [-0.25, -0.2) is 4.79 Å². The third kappa shape index (κ3) is 4.88. The molecule has 1 unspecified atom stereocenters. The second-order valence-corrected chi connectivity index (χ2v) is 10.7. The fourth-order valence-corrected chi connectivity index (χ4v) is 5.37. The van der Waals surface area contributed by atoms with Crippen LogP contribution in [0, 0.1) is 12.3 Å². The summed E-state index contributed by atoms with van der Waals surface area (Å²) < 4.78 is 17.1. The summed E-state index contributed by atoms with van der Waals surface area (Å²) >= 11 is 0. The van der Waals surface area contributed by atoms with Gasteiger partial charge in [-0.2, -0.15) is 0 Å². The van der Waals surface area contributed by atoms with E-state index in [2.05, 4.69) is 5.32 Å². The van der Waals surface area contributed by atoms with Crippen LogP contribution >= 0.6 is 0 Å². The first kappa shape index (κ1) is 25.5. The molecule has 7 nitrogen and oxygen atoms in total. The standard InChI is InChI=1S/C31H31NO6/c1-18-10-11-25-21(14-18)29(34)22(17-38-25)27-26(30(35)37-13-12-36-20-8-6-5-7-9-20)19(2)32-23-15-31(3,4)16-24(33)28(23)27/h5-11,14,17,27,32H,12-13,15-16H2,1-4H3. The van der Waals surface area contributed by atoms with E-state index in [-0.39, 0.29) is 41.0 Å². The highest BCUT2D eigenvalue weighted by Crippen LogP contribution is 2.46. The van der Waals surface area contributed by atoms with Crippen LogP contribution in [0.25, 0.3) is 11.0 Å². The predicted molar refractivity (Wildman–Crippen MR) is 144 cm³/mol. The monoisotopic (exact) mass is 513 g/mol. The minimum atomic E-state index is -0.890. The number of ether oxygens (including phenoxy) is 2. The largest absolute Gasteiger partial charge is 0.490 e. The van der Waals surface area contributed by atoms with E-state index in [0.717, 1.165) is 11.3 Å². The highest BCUT2D eigenvalue weighted by Gasteiger charge is 2.44. The summed E-state index contributed by atoms with van der Waals surface area (Å²) in [4.78, 5) is 40.8. The Kier molecular flexibility index (Phi) is 6.69. The molecule has 1 aliphatic carbocycles. The normalized spacial score (nSPS) is 18.7. The first-order valence-corrected chi connectivity index (χ1v) is 12.8. The van der Waals surface area contributed by atoms with E-state index in [9.17, 15) is 14.4 Å². The average molecular weight is 514 g/mol. The molecule has 2 aromatic carbocycles. The number of dihydropyridines is 1. The van der Waals surface area contributed by atoms with E-state index in [1.807, 2.05) is 57.2 Å². The zero-order chi connectivity index (χ0) is 27.0. The van der Waals surface area contributed by atoms with Crippen molar-refractivity contribution >= 4 is 22.7 Å². The minimum Gasteiger partial charge on any atom is -0.490 e. The molecule has 1 aliphatic heterocycles. The third-order valence-electron chi connectivity index (χ3n) is 7.05. The zero-order valence-corrected chi connectivity index (χ0v) is 22.1. The summed E-state index contributed by atoms with van der Waals surface area (Å²) in [6, 6.07) is 14.6. The quantitative estimate of drug-likeness (QED) is 0.352. The number of benzene rings is 2. The number of esters is 1. The molecule has 38 heavy (non-hydrogen) atoms. The number of hydrogen-bond acceptors (Lipinski definition) is 7. The number of allylic oxidation sites excluding steroid dienone is 3. The Hall–Kier alpha value is -4.13. The van der Waals surface area contributed by atoms with Crippen molar-refractivity contribution in [3.8, 4) is 5.75 Å².